The lowest BCUT2D eigenvalue weighted by Crippen LogP contribution is -2.61. The highest BCUT2D eigenvalue weighted by molar-refractivity contribution is 5.73. The Hall–Kier alpha value is -3.90. The van der Waals surface area contributed by atoms with Crippen LogP contribution in [0.5, 0.6) is 5.75 Å². The summed E-state index contributed by atoms with van der Waals surface area (Å²) in [6, 6.07) is 5.81. The first kappa shape index (κ1) is 23.8. The van der Waals surface area contributed by atoms with Gasteiger partial charge in [-0.05, 0) is 25.0 Å². The SMILES string of the molecule is CC(=O)N1CCC2(CC1)CN(c1cc(Nc3cc(OC(F)(F)F)ccn3)nc(-c3ccnn3C)n1)C2. The summed E-state index contributed by atoms with van der Waals surface area (Å²) >= 11 is 0. The molecule has 2 fully saturated rings. The Kier molecular flexibility index (Phi) is 5.92. The Morgan fingerprint density at radius 3 is 2.47 bits per heavy atom. The second-order valence-corrected chi connectivity index (χ2v) is 9.19. The molecule has 1 amide bonds. The number of alkyl halides is 3. The number of pyridine rings is 1. The average Bonchev–Trinajstić information content (AvgIpc) is 3.22. The van der Waals surface area contributed by atoms with Crippen molar-refractivity contribution in [3.05, 3.63) is 36.7 Å². The molecule has 5 heterocycles. The maximum atomic E-state index is 12.6. The van der Waals surface area contributed by atoms with Gasteiger partial charge in [0.05, 0.1) is 0 Å². The zero-order valence-corrected chi connectivity index (χ0v) is 19.8. The molecule has 36 heavy (non-hydrogen) atoms. The van der Waals surface area contributed by atoms with Crippen molar-refractivity contribution in [2.45, 2.75) is 26.1 Å². The van der Waals surface area contributed by atoms with Crippen molar-refractivity contribution in [2.24, 2.45) is 12.5 Å². The summed E-state index contributed by atoms with van der Waals surface area (Å²) in [5, 5.41) is 7.16. The van der Waals surface area contributed by atoms with Gasteiger partial charge in [0.1, 0.15) is 28.9 Å². The highest BCUT2D eigenvalue weighted by Gasteiger charge is 2.45. The number of hydrogen-bond acceptors (Lipinski definition) is 8. The molecule has 0 atom stereocenters. The molecule has 2 aliphatic heterocycles. The standard InChI is InChI=1S/C23H25F3N8O2/c1-15(35)33-9-5-22(6-10-33)13-34(14-22)20-12-19(30-21(31-20)17-4-8-28-32(17)2)29-18-11-16(3-7-27-18)36-23(24,25)26/h3-4,7-8,11-12H,5-6,9-10,13-14H2,1-2H3,(H,27,29,30,31). The normalized spacial score (nSPS) is 17.1. The predicted octanol–water partition coefficient (Wildman–Crippen LogP) is 3.36. The molecule has 2 aliphatic rings. The molecule has 10 nitrogen and oxygen atoms in total. The number of likely N-dealkylation sites (tertiary alicyclic amines) is 1. The maximum Gasteiger partial charge on any atom is 0.573 e. The highest BCUT2D eigenvalue weighted by atomic mass is 19.4. The molecule has 0 aliphatic carbocycles. The fraction of sp³-hybridized carbons (Fsp3) is 0.435. The van der Waals surface area contributed by atoms with Gasteiger partial charge in [0.25, 0.3) is 0 Å². The number of hydrogen-bond donors (Lipinski definition) is 1. The molecule has 1 N–H and O–H groups in total. The number of aromatic nitrogens is 5. The second kappa shape index (κ2) is 8.95. The molecule has 0 aromatic carbocycles. The Bertz CT molecular complexity index is 1260. The number of rotatable bonds is 5. The fourth-order valence-electron chi connectivity index (χ4n) is 4.71. The van der Waals surface area contributed by atoms with E-state index in [1.807, 2.05) is 4.90 Å². The molecule has 0 saturated carbocycles. The number of nitrogens with one attached hydrogen (secondary N) is 1. The second-order valence-electron chi connectivity index (χ2n) is 9.19. The monoisotopic (exact) mass is 502 g/mol. The van der Waals surface area contributed by atoms with Gasteiger partial charge >= 0.3 is 6.36 Å². The van der Waals surface area contributed by atoms with Crippen molar-refractivity contribution < 1.29 is 22.7 Å². The van der Waals surface area contributed by atoms with E-state index >= 15 is 0 Å². The largest absolute Gasteiger partial charge is 0.573 e. The van der Waals surface area contributed by atoms with Gasteiger partial charge in [0.15, 0.2) is 5.82 Å². The molecule has 190 valence electrons. The van der Waals surface area contributed by atoms with Crippen molar-refractivity contribution in [1.29, 1.82) is 0 Å². The number of anilines is 3. The number of carbonyl (C=O) groups is 1. The van der Waals surface area contributed by atoms with E-state index in [0.29, 0.717) is 23.2 Å². The molecule has 3 aromatic heterocycles. The van der Waals surface area contributed by atoms with Crippen LogP contribution in [0.4, 0.5) is 30.6 Å². The minimum absolute atomic E-state index is 0.103. The van der Waals surface area contributed by atoms with E-state index < -0.39 is 6.36 Å². The van der Waals surface area contributed by atoms with Gasteiger partial charge in [-0.2, -0.15) is 5.10 Å². The molecule has 13 heteroatoms. The van der Waals surface area contributed by atoms with Crippen molar-refractivity contribution in [3.8, 4) is 17.3 Å². The van der Waals surface area contributed by atoms with Gasteiger partial charge in [0, 0.05) is 70.1 Å². The fourth-order valence-corrected chi connectivity index (χ4v) is 4.71. The number of ether oxygens (including phenoxy) is 1. The Morgan fingerprint density at radius 2 is 1.83 bits per heavy atom. The van der Waals surface area contributed by atoms with Gasteiger partial charge in [-0.3, -0.25) is 9.48 Å². The van der Waals surface area contributed by atoms with Crippen molar-refractivity contribution in [1.82, 2.24) is 29.6 Å². The van der Waals surface area contributed by atoms with E-state index in [-0.39, 0.29) is 22.9 Å². The minimum atomic E-state index is -4.80. The van der Waals surface area contributed by atoms with E-state index in [1.54, 1.807) is 37.0 Å². The van der Waals surface area contributed by atoms with Crippen LogP contribution in [0.1, 0.15) is 19.8 Å². The van der Waals surface area contributed by atoms with Crippen LogP contribution in [-0.4, -0.2) is 68.1 Å². The summed E-state index contributed by atoms with van der Waals surface area (Å²) < 4.78 is 43.5. The van der Waals surface area contributed by atoms with Gasteiger partial charge in [-0.15, -0.1) is 13.2 Å². The van der Waals surface area contributed by atoms with Crippen LogP contribution in [0.15, 0.2) is 36.7 Å². The van der Waals surface area contributed by atoms with Crippen LogP contribution in [-0.2, 0) is 11.8 Å². The van der Waals surface area contributed by atoms with Crippen LogP contribution in [0.25, 0.3) is 11.5 Å². The predicted molar refractivity (Wildman–Crippen MR) is 125 cm³/mol. The molecule has 1 spiro atoms. The molecule has 0 unspecified atom stereocenters. The molecule has 3 aromatic rings. The zero-order valence-electron chi connectivity index (χ0n) is 19.8. The number of carbonyl (C=O) groups excluding carboxylic acids is 1. The van der Waals surface area contributed by atoms with Crippen molar-refractivity contribution in [3.63, 3.8) is 0 Å². The molecular formula is C23H25F3N8O2. The molecule has 5 rings (SSSR count). The average molecular weight is 503 g/mol. The van der Waals surface area contributed by atoms with E-state index in [1.165, 1.54) is 6.20 Å². The van der Waals surface area contributed by atoms with Crippen molar-refractivity contribution in [2.75, 3.05) is 36.4 Å². The van der Waals surface area contributed by atoms with Crippen molar-refractivity contribution >= 4 is 23.4 Å². The Balaban J connectivity index is 1.38. The van der Waals surface area contributed by atoms with E-state index in [2.05, 4.69) is 30.0 Å². The quantitative estimate of drug-likeness (QED) is 0.567. The van der Waals surface area contributed by atoms with Crippen LogP contribution in [0.3, 0.4) is 0 Å². The molecular weight excluding hydrogens is 477 g/mol. The van der Waals surface area contributed by atoms with Gasteiger partial charge in [-0.1, -0.05) is 0 Å². The topological polar surface area (TPSA) is 101 Å². The summed E-state index contributed by atoms with van der Waals surface area (Å²) in [5.74, 6) is 1.35. The third kappa shape index (κ3) is 5.04. The third-order valence-corrected chi connectivity index (χ3v) is 6.63. The molecule has 0 radical (unpaired) electrons. The lowest BCUT2D eigenvalue weighted by atomic mass is 9.72. The molecule has 0 bridgehead atoms. The number of amides is 1. The molecule has 2 saturated heterocycles. The van der Waals surface area contributed by atoms with Crippen LogP contribution in [0, 0.1) is 5.41 Å². The van der Waals surface area contributed by atoms with Gasteiger partial charge in [-0.25, -0.2) is 15.0 Å². The summed E-state index contributed by atoms with van der Waals surface area (Å²) in [6.45, 7) is 4.70. The van der Waals surface area contributed by atoms with Crippen LogP contribution < -0.4 is 15.0 Å². The van der Waals surface area contributed by atoms with Crippen LogP contribution >= 0.6 is 0 Å². The van der Waals surface area contributed by atoms with Gasteiger partial charge in [0.2, 0.25) is 5.91 Å². The summed E-state index contributed by atoms with van der Waals surface area (Å²) in [4.78, 5) is 29.1. The number of piperidine rings is 1. The number of nitrogens with zero attached hydrogens (tertiary/aromatic N) is 7. The Morgan fingerprint density at radius 1 is 1.08 bits per heavy atom. The lowest BCUT2D eigenvalue weighted by molar-refractivity contribution is -0.274. The third-order valence-electron chi connectivity index (χ3n) is 6.63. The smallest absolute Gasteiger partial charge is 0.406 e. The summed E-state index contributed by atoms with van der Waals surface area (Å²) in [6.07, 6.45) is -0.0749. The first-order valence-corrected chi connectivity index (χ1v) is 11.5. The Labute approximate surface area is 205 Å². The first-order chi connectivity index (χ1) is 17.1. The maximum absolute atomic E-state index is 12.6. The number of halogens is 3. The highest BCUT2D eigenvalue weighted by Crippen LogP contribution is 2.43. The zero-order chi connectivity index (χ0) is 25.5. The van der Waals surface area contributed by atoms with E-state index in [0.717, 1.165) is 51.2 Å². The van der Waals surface area contributed by atoms with Crippen LogP contribution in [0.2, 0.25) is 0 Å². The van der Waals surface area contributed by atoms with E-state index in [4.69, 9.17) is 4.98 Å². The first-order valence-electron chi connectivity index (χ1n) is 11.5. The van der Waals surface area contributed by atoms with Gasteiger partial charge < -0.3 is 19.9 Å². The summed E-state index contributed by atoms with van der Waals surface area (Å²) in [7, 11) is 1.78. The van der Waals surface area contributed by atoms with E-state index in [9.17, 15) is 18.0 Å². The lowest BCUT2D eigenvalue weighted by Gasteiger charge is -2.54. The summed E-state index contributed by atoms with van der Waals surface area (Å²) in [5.41, 5.74) is 0.828. The minimum Gasteiger partial charge on any atom is -0.406 e. The number of aryl methyl sites for hydroxylation is 1.